The van der Waals surface area contributed by atoms with Gasteiger partial charge in [0.25, 0.3) is 0 Å². The Kier molecular flexibility index (Phi) is 2.17. The Morgan fingerprint density at radius 3 is 2.36 bits per heavy atom. The van der Waals surface area contributed by atoms with Crippen molar-refractivity contribution in [3.05, 3.63) is 11.6 Å². The highest BCUT2D eigenvalue weighted by Gasteiger charge is 2.17. The summed E-state index contributed by atoms with van der Waals surface area (Å²) >= 11 is 0. The van der Waals surface area contributed by atoms with Crippen LogP contribution in [-0.4, -0.2) is 12.3 Å². The van der Waals surface area contributed by atoms with Crippen LogP contribution >= 0.6 is 0 Å². The molecule has 0 fully saturated rings. The molecule has 1 nitrogen and oxygen atoms in total. The monoisotopic (exact) mass is 151 g/mol. The van der Waals surface area contributed by atoms with Gasteiger partial charge in [0.2, 0.25) is 0 Å². The Bertz CT molecular complexity index is 203. The van der Waals surface area contributed by atoms with Gasteiger partial charge >= 0.3 is 0 Å². The zero-order valence-electron chi connectivity index (χ0n) is 7.94. The second-order valence-electron chi connectivity index (χ2n) is 4.23. The van der Waals surface area contributed by atoms with E-state index in [0.29, 0.717) is 5.41 Å². The summed E-state index contributed by atoms with van der Waals surface area (Å²) in [6.07, 6.45) is 3.37. The molecule has 0 saturated heterocycles. The quantitative estimate of drug-likeness (QED) is 0.472. The van der Waals surface area contributed by atoms with Crippen molar-refractivity contribution < 1.29 is 0 Å². The highest BCUT2D eigenvalue weighted by molar-refractivity contribution is 5.84. The second-order valence-corrected chi connectivity index (χ2v) is 4.23. The van der Waals surface area contributed by atoms with Crippen LogP contribution in [0.2, 0.25) is 0 Å². The topological polar surface area (TPSA) is 12.4 Å². The summed E-state index contributed by atoms with van der Waals surface area (Å²) in [4.78, 5) is 4.43. The predicted octanol–water partition coefficient (Wildman–Crippen LogP) is 2.82. The van der Waals surface area contributed by atoms with Crippen LogP contribution in [0.5, 0.6) is 0 Å². The lowest BCUT2D eigenvalue weighted by atomic mass is 9.84. The molecule has 0 unspecified atom stereocenters. The average Bonchev–Trinajstić information content (AvgIpc) is 1.86. The summed E-state index contributed by atoms with van der Waals surface area (Å²) in [5, 5.41) is 0. The maximum absolute atomic E-state index is 4.43. The van der Waals surface area contributed by atoms with Crippen LogP contribution in [0, 0.1) is 5.41 Å². The minimum atomic E-state index is 0.310. The Hall–Kier alpha value is -0.590. The normalized spacial score (nSPS) is 19.3. The summed E-state index contributed by atoms with van der Waals surface area (Å²) in [5.41, 5.74) is 3.05. The molecule has 0 aromatic heterocycles. The first kappa shape index (κ1) is 8.51. The van der Waals surface area contributed by atoms with Crippen LogP contribution < -0.4 is 0 Å². The van der Waals surface area contributed by atoms with Crippen LogP contribution in [0.1, 0.15) is 34.1 Å². The van der Waals surface area contributed by atoms with Gasteiger partial charge in [0.1, 0.15) is 0 Å². The lowest BCUT2D eigenvalue weighted by Gasteiger charge is -2.24. The van der Waals surface area contributed by atoms with Crippen molar-refractivity contribution in [1.29, 1.82) is 0 Å². The third-order valence-corrected chi connectivity index (χ3v) is 2.13. The summed E-state index contributed by atoms with van der Waals surface area (Å²) in [7, 11) is 0. The first-order chi connectivity index (χ1) is 5.00. The Labute approximate surface area is 69.2 Å². The molecule has 1 rings (SSSR count). The molecule has 0 aromatic rings. The number of rotatable bonds is 0. The number of dihydropyridines is 1. The molecule has 11 heavy (non-hydrogen) atoms. The summed E-state index contributed by atoms with van der Waals surface area (Å²) in [5.74, 6) is 0. The standard InChI is InChI=1S/C10H17N/c1-8-5-6-9(7-11-8)10(2,3)4/h6H,5,7H2,1-4H3. The van der Waals surface area contributed by atoms with E-state index in [4.69, 9.17) is 0 Å². The van der Waals surface area contributed by atoms with E-state index in [9.17, 15) is 0 Å². The minimum absolute atomic E-state index is 0.310. The first-order valence-corrected chi connectivity index (χ1v) is 4.19. The van der Waals surface area contributed by atoms with Crippen molar-refractivity contribution in [1.82, 2.24) is 0 Å². The molecule has 0 saturated carbocycles. The number of hydrogen-bond acceptors (Lipinski definition) is 1. The van der Waals surface area contributed by atoms with Crippen LogP contribution in [0.3, 0.4) is 0 Å². The molecule has 0 amide bonds. The van der Waals surface area contributed by atoms with Gasteiger partial charge in [-0.25, -0.2) is 0 Å². The SMILES string of the molecule is CC1=NCC(C(C)(C)C)=CC1. The Balaban J connectivity index is 2.66. The van der Waals surface area contributed by atoms with Gasteiger partial charge in [-0.2, -0.15) is 0 Å². The molecule has 1 heterocycles. The van der Waals surface area contributed by atoms with Gasteiger partial charge in [0.05, 0.1) is 6.54 Å². The van der Waals surface area contributed by atoms with E-state index in [2.05, 4.69) is 38.8 Å². The summed E-state index contributed by atoms with van der Waals surface area (Å²) < 4.78 is 0. The van der Waals surface area contributed by atoms with Crippen molar-refractivity contribution in [3.8, 4) is 0 Å². The summed E-state index contributed by atoms with van der Waals surface area (Å²) in [6.45, 7) is 9.74. The third-order valence-electron chi connectivity index (χ3n) is 2.13. The van der Waals surface area contributed by atoms with E-state index >= 15 is 0 Å². The fraction of sp³-hybridized carbons (Fsp3) is 0.700. The smallest absolute Gasteiger partial charge is 0.0604 e. The number of aliphatic imine (C=N–C) groups is 1. The fourth-order valence-corrected chi connectivity index (χ4v) is 1.16. The highest BCUT2D eigenvalue weighted by Crippen LogP contribution is 2.27. The molecule has 0 N–H and O–H groups in total. The lowest BCUT2D eigenvalue weighted by Crippen LogP contribution is -2.15. The second kappa shape index (κ2) is 2.80. The molecule has 0 radical (unpaired) electrons. The van der Waals surface area contributed by atoms with Gasteiger partial charge in [-0.1, -0.05) is 26.8 Å². The fourth-order valence-electron chi connectivity index (χ4n) is 1.16. The highest BCUT2D eigenvalue weighted by atomic mass is 14.7. The zero-order valence-corrected chi connectivity index (χ0v) is 7.94. The van der Waals surface area contributed by atoms with Crippen molar-refractivity contribution in [3.63, 3.8) is 0 Å². The average molecular weight is 151 g/mol. The summed E-state index contributed by atoms with van der Waals surface area (Å²) in [6, 6.07) is 0. The molecular formula is C10H17N. The van der Waals surface area contributed by atoms with Crippen LogP contribution in [-0.2, 0) is 0 Å². The molecule has 1 aliphatic rings. The third kappa shape index (κ3) is 2.18. The molecule has 1 heteroatoms. The maximum atomic E-state index is 4.43. The van der Waals surface area contributed by atoms with E-state index in [1.54, 1.807) is 0 Å². The number of hydrogen-bond donors (Lipinski definition) is 0. The van der Waals surface area contributed by atoms with Gasteiger partial charge in [0, 0.05) is 12.1 Å². The minimum Gasteiger partial charge on any atom is -0.290 e. The van der Waals surface area contributed by atoms with Crippen LogP contribution in [0.15, 0.2) is 16.6 Å². The molecule has 0 aliphatic carbocycles. The Morgan fingerprint density at radius 2 is 2.00 bits per heavy atom. The van der Waals surface area contributed by atoms with Crippen molar-refractivity contribution in [2.45, 2.75) is 34.1 Å². The van der Waals surface area contributed by atoms with Crippen LogP contribution in [0.4, 0.5) is 0 Å². The van der Waals surface area contributed by atoms with E-state index in [0.717, 1.165) is 13.0 Å². The van der Waals surface area contributed by atoms with Crippen molar-refractivity contribution in [2.24, 2.45) is 10.4 Å². The van der Waals surface area contributed by atoms with Crippen molar-refractivity contribution in [2.75, 3.05) is 6.54 Å². The van der Waals surface area contributed by atoms with Gasteiger partial charge in [-0.05, 0) is 17.9 Å². The van der Waals surface area contributed by atoms with Gasteiger partial charge in [0.15, 0.2) is 0 Å². The molecule has 1 aliphatic heterocycles. The molecule has 0 aromatic carbocycles. The maximum Gasteiger partial charge on any atom is 0.0604 e. The molecule has 62 valence electrons. The van der Waals surface area contributed by atoms with E-state index in [1.807, 2.05) is 0 Å². The van der Waals surface area contributed by atoms with E-state index in [1.165, 1.54) is 11.3 Å². The lowest BCUT2D eigenvalue weighted by molar-refractivity contribution is 0.492. The van der Waals surface area contributed by atoms with E-state index in [-0.39, 0.29) is 0 Å². The number of nitrogens with zero attached hydrogens (tertiary/aromatic N) is 1. The van der Waals surface area contributed by atoms with Gasteiger partial charge in [-0.15, -0.1) is 0 Å². The molecular weight excluding hydrogens is 134 g/mol. The zero-order chi connectivity index (χ0) is 8.48. The largest absolute Gasteiger partial charge is 0.290 e. The van der Waals surface area contributed by atoms with Crippen molar-refractivity contribution >= 4 is 5.71 Å². The molecule has 0 atom stereocenters. The molecule has 0 spiro atoms. The first-order valence-electron chi connectivity index (χ1n) is 4.19. The van der Waals surface area contributed by atoms with E-state index < -0.39 is 0 Å². The van der Waals surface area contributed by atoms with Gasteiger partial charge in [-0.3, -0.25) is 4.99 Å². The predicted molar refractivity (Wildman–Crippen MR) is 50.1 cm³/mol. The molecule has 0 bridgehead atoms. The van der Waals surface area contributed by atoms with Gasteiger partial charge < -0.3 is 0 Å². The number of allylic oxidation sites excluding steroid dienone is 1. The Morgan fingerprint density at radius 1 is 1.36 bits per heavy atom. The van der Waals surface area contributed by atoms with Crippen LogP contribution in [0.25, 0.3) is 0 Å².